The number of carbonyl (C=O) groups excluding carboxylic acids is 1. The summed E-state index contributed by atoms with van der Waals surface area (Å²) >= 11 is 0. The highest BCUT2D eigenvalue weighted by atomic mass is 16.5. The van der Waals surface area contributed by atoms with Gasteiger partial charge in [0.25, 0.3) is 0 Å². The molecule has 1 fully saturated rings. The Morgan fingerprint density at radius 2 is 2.38 bits per heavy atom. The molecule has 0 atom stereocenters. The second kappa shape index (κ2) is 4.62. The van der Waals surface area contributed by atoms with Crippen LogP contribution in [0.25, 0.3) is 0 Å². The molecule has 0 aromatic rings. The van der Waals surface area contributed by atoms with Crippen LogP contribution in [-0.2, 0) is 9.53 Å². The first-order valence-corrected chi connectivity index (χ1v) is 6.06. The van der Waals surface area contributed by atoms with Crippen molar-refractivity contribution in [1.82, 2.24) is 4.90 Å². The zero-order valence-electron chi connectivity index (χ0n) is 9.87. The van der Waals surface area contributed by atoms with Crippen LogP contribution in [0, 0.1) is 0 Å². The Morgan fingerprint density at radius 1 is 1.62 bits per heavy atom. The predicted molar refractivity (Wildman–Crippen MR) is 63.2 cm³/mol. The lowest BCUT2D eigenvalue weighted by Crippen LogP contribution is -2.60. The maximum Gasteiger partial charge on any atom is 0.326 e. The van der Waals surface area contributed by atoms with Crippen LogP contribution in [0.5, 0.6) is 0 Å². The lowest BCUT2D eigenvalue weighted by Gasteiger charge is -2.48. The molecule has 86 valence electrons. The third-order valence-corrected chi connectivity index (χ3v) is 3.69. The van der Waals surface area contributed by atoms with Gasteiger partial charge < -0.3 is 4.74 Å². The molecule has 0 amide bonds. The summed E-state index contributed by atoms with van der Waals surface area (Å²) in [6.45, 7) is 3.98. The fourth-order valence-electron chi connectivity index (χ4n) is 2.50. The van der Waals surface area contributed by atoms with Crippen LogP contribution in [-0.4, -0.2) is 44.0 Å². The molecule has 16 heavy (non-hydrogen) atoms. The van der Waals surface area contributed by atoms with Crippen molar-refractivity contribution in [3.63, 3.8) is 0 Å². The molecule has 0 spiro atoms. The fraction of sp³-hybridized carbons (Fsp3) is 0.750. The minimum Gasteiger partial charge on any atom is -0.465 e. The van der Waals surface area contributed by atoms with Crippen LogP contribution in [0.15, 0.2) is 11.5 Å². The van der Waals surface area contributed by atoms with Gasteiger partial charge in [-0.3, -0.25) is 9.69 Å². The van der Waals surface area contributed by atoms with Crippen molar-refractivity contribution >= 4 is 13.8 Å². The topological polar surface area (TPSA) is 29.5 Å². The third-order valence-electron chi connectivity index (χ3n) is 3.69. The van der Waals surface area contributed by atoms with Crippen LogP contribution in [0.4, 0.5) is 0 Å². The van der Waals surface area contributed by atoms with Gasteiger partial charge in [-0.05, 0) is 32.6 Å². The monoisotopic (exact) mass is 219 g/mol. The summed E-state index contributed by atoms with van der Waals surface area (Å²) in [5.74, 6) is -0.0462. The van der Waals surface area contributed by atoms with Crippen molar-refractivity contribution in [1.29, 1.82) is 0 Å². The SMILES string of the molecule is [B]C1=CCN(C2(C(=O)OCC)CCC2)CC1. The van der Waals surface area contributed by atoms with Crippen LogP contribution in [0.1, 0.15) is 32.6 Å². The number of hydrogen-bond acceptors (Lipinski definition) is 3. The van der Waals surface area contributed by atoms with E-state index in [2.05, 4.69) is 4.90 Å². The maximum absolute atomic E-state index is 12.0. The number of rotatable bonds is 3. The molecule has 2 rings (SSSR count). The molecule has 0 saturated heterocycles. The summed E-state index contributed by atoms with van der Waals surface area (Å²) in [6.07, 6.45) is 5.86. The predicted octanol–water partition coefficient (Wildman–Crippen LogP) is 1.23. The van der Waals surface area contributed by atoms with Gasteiger partial charge in [0, 0.05) is 13.1 Å². The Bertz CT molecular complexity index is 310. The molecule has 0 unspecified atom stereocenters. The van der Waals surface area contributed by atoms with E-state index in [0.717, 1.165) is 44.2 Å². The molecule has 1 heterocycles. The van der Waals surface area contributed by atoms with E-state index in [0.29, 0.717) is 6.61 Å². The number of esters is 1. The number of nitrogens with zero attached hydrogens (tertiary/aromatic N) is 1. The number of hydrogen-bond donors (Lipinski definition) is 0. The molecule has 4 heteroatoms. The standard InChI is InChI=1S/C12H18BNO2/c1-2-16-11(15)12(6-3-7-12)14-8-4-10(13)5-9-14/h4H,2-3,5-9H2,1H3. The first kappa shape index (κ1) is 11.7. The Labute approximate surface area is 98.2 Å². The third kappa shape index (κ3) is 1.91. The first-order valence-electron chi connectivity index (χ1n) is 6.06. The molecule has 0 aromatic carbocycles. The van der Waals surface area contributed by atoms with E-state index in [1.807, 2.05) is 13.0 Å². The van der Waals surface area contributed by atoms with Crippen LogP contribution in [0.2, 0.25) is 0 Å². The lowest BCUT2D eigenvalue weighted by atomic mass is 9.74. The van der Waals surface area contributed by atoms with E-state index >= 15 is 0 Å². The number of carbonyl (C=O) groups is 1. The Kier molecular flexibility index (Phi) is 3.38. The molecule has 2 aliphatic rings. The Balaban J connectivity index is 2.07. The van der Waals surface area contributed by atoms with Gasteiger partial charge in [0.15, 0.2) is 0 Å². The summed E-state index contributed by atoms with van der Waals surface area (Å²) in [5.41, 5.74) is 0.599. The largest absolute Gasteiger partial charge is 0.465 e. The Hall–Kier alpha value is -0.765. The van der Waals surface area contributed by atoms with Gasteiger partial charge in [0.1, 0.15) is 13.4 Å². The van der Waals surface area contributed by atoms with Crippen molar-refractivity contribution in [2.75, 3.05) is 19.7 Å². The molecule has 0 aromatic heterocycles. The normalized spacial score (nSPS) is 24.4. The maximum atomic E-state index is 12.0. The summed E-state index contributed by atoms with van der Waals surface area (Å²) in [6, 6.07) is 0. The minimum atomic E-state index is -0.340. The van der Waals surface area contributed by atoms with Crippen LogP contribution < -0.4 is 0 Å². The average Bonchev–Trinajstić information content (AvgIpc) is 2.19. The molecular weight excluding hydrogens is 201 g/mol. The molecule has 0 N–H and O–H groups in total. The zero-order valence-corrected chi connectivity index (χ0v) is 9.87. The highest BCUT2D eigenvalue weighted by Crippen LogP contribution is 2.39. The van der Waals surface area contributed by atoms with Gasteiger partial charge in [-0.25, -0.2) is 0 Å². The summed E-state index contributed by atoms with van der Waals surface area (Å²) in [5, 5.41) is 0. The summed E-state index contributed by atoms with van der Waals surface area (Å²) in [4.78, 5) is 14.2. The molecular formula is C12H18BNO2. The van der Waals surface area contributed by atoms with E-state index in [1.165, 1.54) is 0 Å². The first-order chi connectivity index (χ1) is 7.69. The van der Waals surface area contributed by atoms with E-state index in [9.17, 15) is 4.79 Å². The minimum absolute atomic E-state index is 0.0462. The zero-order chi connectivity index (χ0) is 11.6. The van der Waals surface area contributed by atoms with Gasteiger partial charge >= 0.3 is 5.97 Å². The Morgan fingerprint density at radius 3 is 2.81 bits per heavy atom. The second-order valence-electron chi connectivity index (χ2n) is 4.58. The van der Waals surface area contributed by atoms with Crippen molar-refractivity contribution in [2.45, 2.75) is 38.1 Å². The lowest BCUT2D eigenvalue weighted by molar-refractivity contribution is -0.164. The van der Waals surface area contributed by atoms with Crippen LogP contribution >= 0.6 is 0 Å². The van der Waals surface area contributed by atoms with E-state index in [-0.39, 0.29) is 11.5 Å². The molecule has 1 saturated carbocycles. The van der Waals surface area contributed by atoms with Crippen molar-refractivity contribution in [3.05, 3.63) is 11.5 Å². The van der Waals surface area contributed by atoms with Crippen molar-refractivity contribution in [3.8, 4) is 0 Å². The van der Waals surface area contributed by atoms with Gasteiger partial charge in [0.05, 0.1) is 6.61 Å². The smallest absolute Gasteiger partial charge is 0.326 e. The summed E-state index contributed by atoms with van der Waals surface area (Å²) < 4.78 is 5.20. The van der Waals surface area contributed by atoms with Gasteiger partial charge in [-0.2, -0.15) is 0 Å². The highest BCUT2D eigenvalue weighted by molar-refractivity contribution is 6.21. The fourth-order valence-corrected chi connectivity index (χ4v) is 2.50. The summed E-state index contributed by atoms with van der Waals surface area (Å²) in [7, 11) is 5.75. The highest BCUT2D eigenvalue weighted by Gasteiger charge is 2.50. The van der Waals surface area contributed by atoms with Crippen molar-refractivity contribution in [2.24, 2.45) is 0 Å². The second-order valence-corrected chi connectivity index (χ2v) is 4.58. The van der Waals surface area contributed by atoms with E-state index in [1.54, 1.807) is 0 Å². The molecule has 1 aliphatic carbocycles. The molecule has 2 radical (unpaired) electrons. The van der Waals surface area contributed by atoms with Gasteiger partial charge in [0.2, 0.25) is 0 Å². The number of ether oxygens (including phenoxy) is 1. The van der Waals surface area contributed by atoms with E-state index in [4.69, 9.17) is 12.6 Å². The average molecular weight is 219 g/mol. The van der Waals surface area contributed by atoms with Gasteiger partial charge in [-0.1, -0.05) is 6.08 Å². The van der Waals surface area contributed by atoms with Crippen molar-refractivity contribution < 1.29 is 9.53 Å². The quantitative estimate of drug-likeness (QED) is 0.528. The molecule has 1 aliphatic heterocycles. The molecule has 0 bridgehead atoms. The van der Waals surface area contributed by atoms with E-state index < -0.39 is 0 Å². The van der Waals surface area contributed by atoms with Crippen LogP contribution in [0.3, 0.4) is 0 Å². The van der Waals surface area contributed by atoms with Gasteiger partial charge in [-0.15, -0.1) is 5.47 Å². The molecule has 3 nitrogen and oxygen atoms in total.